The number of para-hydroxylation sites is 2. The number of hydrazine groups is 1. The number of amides is 2. The minimum atomic E-state index is -0.449. The zero-order chi connectivity index (χ0) is 19.4. The van der Waals surface area contributed by atoms with Gasteiger partial charge in [0.2, 0.25) is 5.91 Å². The summed E-state index contributed by atoms with van der Waals surface area (Å²) < 4.78 is 8.20. The average molecular weight is 371 g/mol. The second-order valence-corrected chi connectivity index (χ2v) is 6.27. The van der Waals surface area contributed by atoms with Crippen LogP contribution in [0, 0.1) is 13.8 Å². The molecule has 3 rings (SSSR count). The lowest BCUT2D eigenvalue weighted by Crippen LogP contribution is -2.43. The number of aryl methyl sites for hydroxylation is 3. The topological polar surface area (TPSA) is 111 Å². The van der Waals surface area contributed by atoms with Crippen LogP contribution in [-0.2, 0) is 22.7 Å². The number of hydrogen-bond donors (Lipinski definition) is 2. The molecule has 0 radical (unpaired) electrons. The fourth-order valence-corrected chi connectivity index (χ4v) is 2.84. The lowest BCUT2D eigenvalue weighted by molar-refractivity contribution is -0.129. The fourth-order valence-electron chi connectivity index (χ4n) is 2.84. The Morgan fingerprint density at radius 2 is 1.89 bits per heavy atom. The fraction of sp³-hybridized carbons (Fsp3) is 0.333. The van der Waals surface area contributed by atoms with Crippen molar-refractivity contribution >= 4 is 22.9 Å². The highest BCUT2D eigenvalue weighted by Crippen LogP contribution is 2.12. The molecule has 0 unspecified atom stereocenters. The summed E-state index contributed by atoms with van der Waals surface area (Å²) in [6.45, 7) is 4.07. The zero-order valence-electron chi connectivity index (χ0n) is 15.2. The Morgan fingerprint density at radius 1 is 1.15 bits per heavy atom. The Morgan fingerprint density at radius 3 is 2.63 bits per heavy atom. The molecule has 0 saturated carbocycles. The van der Waals surface area contributed by atoms with Crippen LogP contribution in [0.25, 0.3) is 11.1 Å². The van der Waals surface area contributed by atoms with Crippen molar-refractivity contribution in [3.63, 3.8) is 0 Å². The van der Waals surface area contributed by atoms with Gasteiger partial charge in [0.15, 0.2) is 5.58 Å². The van der Waals surface area contributed by atoms with Crippen LogP contribution in [0.5, 0.6) is 0 Å². The third-order valence-corrected chi connectivity index (χ3v) is 4.10. The van der Waals surface area contributed by atoms with Gasteiger partial charge < -0.3 is 4.42 Å². The Bertz CT molecular complexity index is 1030. The number of rotatable bonds is 6. The maximum Gasteiger partial charge on any atom is 0.419 e. The first-order valence-electron chi connectivity index (χ1n) is 8.61. The average Bonchev–Trinajstić information content (AvgIpc) is 3.11. The van der Waals surface area contributed by atoms with E-state index in [2.05, 4.69) is 16.0 Å². The Labute approximate surface area is 154 Å². The molecular formula is C18H21N5O4. The van der Waals surface area contributed by atoms with E-state index in [1.54, 1.807) is 22.9 Å². The molecule has 0 atom stereocenters. The first-order valence-corrected chi connectivity index (χ1v) is 8.61. The Balaban J connectivity index is 1.44. The Kier molecular flexibility index (Phi) is 5.39. The summed E-state index contributed by atoms with van der Waals surface area (Å²) in [5.74, 6) is -1.15. The lowest BCUT2D eigenvalue weighted by atomic mass is 10.3. The van der Waals surface area contributed by atoms with E-state index in [1.165, 1.54) is 4.57 Å². The van der Waals surface area contributed by atoms with Crippen molar-refractivity contribution in [1.82, 2.24) is 25.2 Å². The van der Waals surface area contributed by atoms with E-state index in [-0.39, 0.29) is 24.8 Å². The second kappa shape index (κ2) is 7.90. The number of oxazole rings is 1. The van der Waals surface area contributed by atoms with Gasteiger partial charge in [0.25, 0.3) is 5.91 Å². The molecule has 2 N–H and O–H groups in total. The third-order valence-electron chi connectivity index (χ3n) is 4.10. The van der Waals surface area contributed by atoms with Gasteiger partial charge in [0.05, 0.1) is 11.2 Å². The van der Waals surface area contributed by atoms with Crippen molar-refractivity contribution in [3.8, 4) is 0 Å². The minimum absolute atomic E-state index is 0.0242. The van der Waals surface area contributed by atoms with E-state index in [0.717, 1.165) is 11.4 Å². The largest absolute Gasteiger partial charge is 0.419 e. The predicted octanol–water partition coefficient (Wildman–Crippen LogP) is 1.04. The van der Waals surface area contributed by atoms with Gasteiger partial charge >= 0.3 is 5.76 Å². The standard InChI is InChI=1S/C18H21N5O4/c1-12-10-13(2)23(21-12)11-17(25)20-19-16(24)8-5-9-22-14-6-3-4-7-15(14)27-18(22)26/h3-4,6-7,10H,5,8-9,11H2,1-2H3,(H,19,24)(H,20,25). The SMILES string of the molecule is Cc1cc(C)n(CC(=O)NNC(=O)CCCn2c(=O)oc3ccccc32)n1. The van der Waals surface area contributed by atoms with Crippen LogP contribution in [0.3, 0.4) is 0 Å². The van der Waals surface area contributed by atoms with Crippen molar-refractivity contribution in [2.75, 3.05) is 0 Å². The number of carbonyl (C=O) groups excluding carboxylic acids is 2. The van der Waals surface area contributed by atoms with Gasteiger partial charge in [-0.25, -0.2) is 4.79 Å². The van der Waals surface area contributed by atoms with E-state index >= 15 is 0 Å². The number of nitrogens with one attached hydrogen (secondary N) is 2. The van der Waals surface area contributed by atoms with Crippen molar-refractivity contribution in [2.45, 2.75) is 39.8 Å². The van der Waals surface area contributed by atoms with Crippen LogP contribution in [0.1, 0.15) is 24.2 Å². The molecule has 0 saturated heterocycles. The van der Waals surface area contributed by atoms with Crippen LogP contribution in [0.4, 0.5) is 0 Å². The maximum atomic E-state index is 11.9. The molecule has 0 bridgehead atoms. The molecule has 142 valence electrons. The minimum Gasteiger partial charge on any atom is -0.408 e. The van der Waals surface area contributed by atoms with Crippen molar-refractivity contribution in [1.29, 1.82) is 0 Å². The van der Waals surface area contributed by atoms with E-state index in [1.807, 2.05) is 26.0 Å². The molecule has 0 aliphatic heterocycles. The van der Waals surface area contributed by atoms with Gasteiger partial charge in [-0.05, 0) is 38.5 Å². The number of nitrogens with zero attached hydrogens (tertiary/aromatic N) is 3. The summed E-state index contributed by atoms with van der Waals surface area (Å²) >= 11 is 0. The summed E-state index contributed by atoms with van der Waals surface area (Å²) in [4.78, 5) is 35.6. The molecule has 0 fully saturated rings. The predicted molar refractivity (Wildman–Crippen MR) is 97.7 cm³/mol. The smallest absolute Gasteiger partial charge is 0.408 e. The molecule has 0 aliphatic rings. The highest BCUT2D eigenvalue weighted by atomic mass is 16.4. The third kappa shape index (κ3) is 4.43. The molecular weight excluding hydrogens is 350 g/mol. The maximum absolute atomic E-state index is 11.9. The van der Waals surface area contributed by atoms with Gasteiger partial charge in [-0.2, -0.15) is 5.10 Å². The number of hydrogen-bond acceptors (Lipinski definition) is 5. The van der Waals surface area contributed by atoms with Crippen LogP contribution >= 0.6 is 0 Å². The van der Waals surface area contributed by atoms with Crippen molar-refractivity contribution < 1.29 is 14.0 Å². The highest BCUT2D eigenvalue weighted by Gasteiger charge is 2.11. The molecule has 9 nitrogen and oxygen atoms in total. The van der Waals surface area contributed by atoms with Crippen LogP contribution in [-0.4, -0.2) is 26.2 Å². The number of aromatic nitrogens is 3. The molecule has 0 aliphatic carbocycles. The Hall–Kier alpha value is -3.36. The molecule has 2 aromatic heterocycles. The molecule has 0 spiro atoms. The van der Waals surface area contributed by atoms with Gasteiger partial charge in [0.1, 0.15) is 6.54 Å². The molecule has 27 heavy (non-hydrogen) atoms. The first-order chi connectivity index (χ1) is 12.9. The van der Waals surface area contributed by atoms with Crippen LogP contribution in [0.15, 0.2) is 39.5 Å². The highest BCUT2D eigenvalue weighted by molar-refractivity contribution is 5.81. The number of benzene rings is 1. The summed E-state index contributed by atoms with van der Waals surface area (Å²) in [5.41, 5.74) is 7.64. The molecule has 1 aromatic carbocycles. The van der Waals surface area contributed by atoms with Gasteiger partial charge in [0, 0.05) is 18.7 Å². The summed E-state index contributed by atoms with van der Waals surface area (Å²) in [7, 11) is 0. The second-order valence-electron chi connectivity index (χ2n) is 6.27. The quantitative estimate of drug-likeness (QED) is 0.629. The molecule has 2 amide bonds. The zero-order valence-corrected chi connectivity index (χ0v) is 15.2. The van der Waals surface area contributed by atoms with E-state index in [9.17, 15) is 14.4 Å². The molecule has 2 heterocycles. The van der Waals surface area contributed by atoms with E-state index < -0.39 is 5.76 Å². The molecule has 9 heteroatoms. The summed E-state index contributed by atoms with van der Waals surface area (Å²) in [6, 6.07) is 8.99. The summed E-state index contributed by atoms with van der Waals surface area (Å²) in [5, 5.41) is 4.19. The van der Waals surface area contributed by atoms with Crippen LogP contribution in [0.2, 0.25) is 0 Å². The summed E-state index contributed by atoms with van der Waals surface area (Å²) in [6.07, 6.45) is 0.592. The van der Waals surface area contributed by atoms with E-state index in [0.29, 0.717) is 24.1 Å². The van der Waals surface area contributed by atoms with Crippen LogP contribution < -0.4 is 16.6 Å². The first kappa shape index (κ1) is 18.4. The van der Waals surface area contributed by atoms with Crippen molar-refractivity contribution in [3.05, 3.63) is 52.3 Å². The van der Waals surface area contributed by atoms with Gasteiger partial charge in [-0.3, -0.25) is 29.7 Å². The van der Waals surface area contributed by atoms with Gasteiger partial charge in [-0.1, -0.05) is 12.1 Å². The van der Waals surface area contributed by atoms with E-state index in [4.69, 9.17) is 4.42 Å². The van der Waals surface area contributed by atoms with Gasteiger partial charge in [-0.15, -0.1) is 0 Å². The monoisotopic (exact) mass is 371 g/mol. The number of carbonyl (C=O) groups is 2. The number of fused-ring (bicyclic) bond motifs is 1. The molecule has 3 aromatic rings. The van der Waals surface area contributed by atoms with Crippen molar-refractivity contribution in [2.24, 2.45) is 0 Å². The normalized spacial score (nSPS) is 10.9. The lowest BCUT2D eigenvalue weighted by Gasteiger charge is -2.08.